The van der Waals surface area contributed by atoms with E-state index in [2.05, 4.69) is 10.3 Å². The molecule has 0 fully saturated rings. The third kappa shape index (κ3) is 3.87. The summed E-state index contributed by atoms with van der Waals surface area (Å²) in [4.78, 5) is 27.5. The van der Waals surface area contributed by atoms with E-state index in [1.165, 1.54) is 6.92 Å². The SMILES string of the molecule is CC(=O)c1c(C)[nH]c(C(=O)Nc2cccc(COc3ccc4c(c3)OCO4)c2)c1C. The molecule has 0 spiro atoms. The summed E-state index contributed by atoms with van der Waals surface area (Å²) in [6.45, 7) is 5.60. The van der Waals surface area contributed by atoms with Gasteiger partial charge in [-0.1, -0.05) is 12.1 Å². The third-order valence-corrected chi connectivity index (χ3v) is 4.95. The lowest BCUT2D eigenvalue weighted by molar-refractivity contribution is 0.101. The Labute approximate surface area is 174 Å². The van der Waals surface area contributed by atoms with Crippen LogP contribution in [0, 0.1) is 13.8 Å². The van der Waals surface area contributed by atoms with Gasteiger partial charge in [0.15, 0.2) is 17.3 Å². The van der Waals surface area contributed by atoms with Gasteiger partial charge >= 0.3 is 0 Å². The minimum atomic E-state index is -0.295. The molecule has 0 unspecified atom stereocenters. The highest BCUT2D eigenvalue weighted by Gasteiger charge is 2.20. The lowest BCUT2D eigenvalue weighted by Gasteiger charge is -2.10. The number of anilines is 1. The molecule has 154 valence electrons. The maximum atomic E-state index is 12.7. The number of carbonyl (C=O) groups is 2. The first-order chi connectivity index (χ1) is 14.4. The Hall–Kier alpha value is -3.74. The van der Waals surface area contributed by atoms with Crippen LogP contribution in [0.3, 0.4) is 0 Å². The average molecular weight is 406 g/mol. The van der Waals surface area contributed by atoms with Crippen LogP contribution in [-0.4, -0.2) is 23.5 Å². The number of amides is 1. The molecule has 0 radical (unpaired) electrons. The first kappa shape index (κ1) is 19.6. The minimum Gasteiger partial charge on any atom is -0.489 e. The van der Waals surface area contributed by atoms with Gasteiger partial charge in [0.05, 0.1) is 0 Å². The zero-order chi connectivity index (χ0) is 21.3. The van der Waals surface area contributed by atoms with Crippen LogP contribution < -0.4 is 19.5 Å². The standard InChI is InChI=1S/C23H22N2O5/c1-13-21(15(3)26)14(2)24-22(13)23(27)25-17-6-4-5-16(9-17)11-28-18-7-8-19-20(10-18)30-12-29-19/h4-10,24H,11-12H2,1-3H3,(H,25,27). The van der Waals surface area contributed by atoms with Crippen molar-refractivity contribution in [3.8, 4) is 17.2 Å². The molecular weight excluding hydrogens is 384 g/mol. The number of nitrogens with one attached hydrogen (secondary N) is 2. The number of ketones is 1. The number of fused-ring (bicyclic) bond motifs is 1. The smallest absolute Gasteiger partial charge is 0.272 e. The summed E-state index contributed by atoms with van der Waals surface area (Å²) in [7, 11) is 0. The van der Waals surface area contributed by atoms with Gasteiger partial charge in [-0.05, 0) is 56.2 Å². The molecule has 0 bridgehead atoms. The summed E-state index contributed by atoms with van der Waals surface area (Å²) >= 11 is 0. The van der Waals surface area contributed by atoms with Gasteiger partial charge in [0.1, 0.15) is 18.1 Å². The summed E-state index contributed by atoms with van der Waals surface area (Å²) < 4.78 is 16.5. The zero-order valence-electron chi connectivity index (χ0n) is 17.0. The Bertz CT molecular complexity index is 1130. The highest BCUT2D eigenvalue weighted by Crippen LogP contribution is 2.35. The Balaban J connectivity index is 1.44. The van der Waals surface area contributed by atoms with E-state index in [-0.39, 0.29) is 18.5 Å². The van der Waals surface area contributed by atoms with Crippen molar-refractivity contribution in [1.29, 1.82) is 0 Å². The van der Waals surface area contributed by atoms with Crippen LogP contribution in [0.25, 0.3) is 0 Å². The molecule has 0 aliphatic carbocycles. The molecule has 2 aromatic carbocycles. The molecule has 3 aromatic rings. The minimum absolute atomic E-state index is 0.0667. The van der Waals surface area contributed by atoms with E-state index < -0.39 is 0 Å². The summed E-state index contributed by atoms with van der Waals surface area (Å²) in [5, 5.41) is 2.88. The Morgan fingerprint density at radius 3 is 2.67 bits per heavy atom. The normalized spacial score (nSPS) is 12.0. The maximum absolute atomic E-state index is 12.7. The maximum Gasteiger partial charge on any atom is 0.272 e. The van der Waals surface area contributed by atoms with Crippen molar-refractivity contribution in [3.63, 3.8) is 0 Å². The van der Waals surface area contributed by atoms with E-state index in [1.54, 1.807) is 26.0 Å². The fraction of sp³-hybridized carbons (Fsp3) is 0.217. The van der Waals surface area contributed by atoms with Gasteiger partial charge in [-0.3, -0.25) is 9.59 Å². The molecule has 1 amide bonds. The van der Waals surface area contributed by atoms with Crippen molar-refractivity contribution >= 4 is 17.4 Å². The second-order valence-electron chi connectivity index (χ2n) is 7.14. The predicted molar refractivity (Wildman–Crippen MR) is 112 cm³/mol. The van der Waals surface area contributed by atoms with E-state index in [0.717, 1.165) is 5.56 Å². The number of rotatable bonds is 6. The molecule has 30 heavy (non-hydrogen) atoms. The molecule has 2 N–H and O–H groups in total. The van der Waals surface area contributed by atoms with Crippen molar-refractivity contribution in [1.82, 2.24) is 4.98 Å². The molecule has 1 aliphatic rings. The number of aryl methyl sites for hydroxylation is 1. The highest BCUT2D eigenvalue weighted by atomic mass is 16.7. The van der Waals surface area contributed by atoms with Gasteiger partial charge in [-0.2, -0.15) is 0 Å². The molecule has 4 rings (SSSR count). The lowest BCUT2D eigenvalue weighted by atomic mass is 10.1. The van der Waals surface area contributed by atoms with Crippen molar-refractivity contribution < 1.29 is 23.8 Å². The first-order valence-electron chi connectivity index (χ1n) is 9.55. The highest BCUT2D eigenvalue weighted by molar-refractivity contribution is 6.07. The van der Waals surface area contributed by atoms with Gasteiger partial charge in [-0.15, -0.1) is 0 Å². The van der Waals surface area contributed by atoms with Crippen molar-refractivity contribution in [3.05, 3.63) is 70.5 Å². The summed E-state index contributed by atoms with van der Waals surface area (Å²) in [6.07, 6.45) is 0. The molecular formula is C23H22N2O5. The van der Waals surface area contributed by atoms with Gasteiger partial charge in [0, 0.05) is 23.0 Å². The number of hydrogen-bond acceptors (Lipinski definition) is 5. The number of aromatic nitrogens is 1. The van der Waals surface area contributed by atoms with Gasteiger partial charge in [-0.25, -0.2) is 0 Å². The second-order valence-corrected chi connectivity index (χ2v) is 7.14. The van der Waals surface area contributed by atoms with Crippen LogP contribution in [0.15, 0.2) is 42.5 Å². The van der Waals surface area contributed by atoms with Crippen LogP contribution in [-0.2, 0) is 6.61 Å². The number of carbonyl (C=O) groups excluding carboxylic acids is 2. The molecule has 1 aromatic heterocycles. The zero-order valence-corrected chi connectivity index (χ0v) is 17.0. The number of H-pyrrole nitrogens is 1. The van der Waals surface area contributed by atoms with Crippen molar-refractivity contribution in [2.45, 2.75) is 27.4 Å². The van der Waals surface area contributed by atoms with E-state index in [0.29, 0.717) is 52.1 Å². The molecule has 2 heterocycles. The number of aromatic amines is 1. The lowest BCUT2D eigenvalue weighted by Crippen LogP contribution is -2.14. The van der Waals surface area contributed by atoms with Crippen LogP contribution in [0.1, 0.15) is 44.6 Å². The second kappa shape index (κ2) is 7.94. The Morgan fingerprint density at radius 2 is 1.90 bits per heavy atom. The number of Topliss-reactive ketones (excluding diaryl/α,β-unsaturated/α-hetero) is 1. The molecule has 0 saturated heterocycles. The largest absolute Gasteiger partial charge is 0.489 e. The van der Waals surface area contributed by atoms with Crippen LogP contribution >= 0.6 is 0 Å². The van der Waals surface area contributed by atoms with Crippen LogP contribution in [0.4, 0.5) is 5.69 Å². The monoisotopic (exact) mass is 406 g/mol. The number of benzene rings is 2. The van der Waals surface area contributed by atoms with Crippen LogP contribution in [0.5, 0.6) is 17.2 Å². The third-order valence-electron chi connectivity index (χ3n) is 4.95. The summed E-state index contributed by atoms with van der Waals surface area (Å²) in [6, 6.07) is 12.8. The quantitative estimate of drug-likeness (QED) is 0.593. The molecule has 0 atom stereocenters. The molecule has 7 nitrogen and oxygen atoms in total. The van der Waals surface area contributed by atoms with E-state index in [4.69, 9.17) is 14.2 Å². The summed E-state index contributed by atoms with van der Waals surface area (Å²) in [5.74, 6) is 1.67. The van der Waals surface area contributed by atoms with E-state index in [1.807, 2.05) is 30.3 Å². The molecule has 7 heteroatoms. The van der Waals surface area contributed by atoms with Crippen molar-refractivity contribution in [2.24, 2.45) is 0 Å². The van der Waals surface area contributed by atoms with Gasteiger partial charge in [0.25, 0.3) is 5.91 Å². The van der Waals surface area contributed by atoms with Gasteiger partial charge in [0.2, 0.25) is 6.79 Å². The topological polar surface area (TPSA) is 89.7 Å². The Kier molecular flexibility index (Phi) is 5.18. The van der Waals surface area contributed by atoms with Crippen molar-refractivity contribution in [2.75, 3.05) is 12.1 Å². The number of ether oxygens (including phenoxy) is 3. The Morgan fingerprint density at radius 1 is 1.10 bits per heavy atom. The predicted octanol–water partition coefficient (Wildman–Crippen LogP) is 4.39. The summed E-state index contributed by atoms with van der Waals surface area (Å²) in [5.41, 5.74) is 3.83. The number of hydrogen-bond donors (Lipinski definition) is 2. The fourth-order valence-corrected chi connectivity index (χ4v) is 3.57. The average Bonchev–Trinajstić information content (AvgIpc) is 3.29. The molecule has 0 saturated carbocycles. The van der Waals surface area contributed by atoms with Crippen LogP contribution in [0.2, 0.25) is 0 Å². The van der Waals surface area contributed by atoms with E-state index >= 15 is 0 Å². The van der Waals surface area contributed by atoms with Gasteiger partial charge < -0.3 is 24.5 Å². The van der Waals surface area contributed by atoms with E-state index in [9.17, 15) is 9.59 Å². The molecule has 1 aliphatic heterocycles. The fourth-order valence-electron chi connectivity index (χ4n) is 3.57. The first-order valence-corrected chi connectivity index (χ1v) is 9.55.